The van der Waals surface area contributed by atoms with E-state index in [1.165, 1.54) is 12.1 Å². The van der Waals surface area contributed by atoms with Gasteiger partial charge in [-0.15, -0.1) is 0 Å². The van der Waals surface area contributed by atoms with Crippen LogP contribution in [0, 0.1) is 12.7 Å². The minimum absolute atomic E-state index is 0.259. The Labute approximate surface area is 168 Å². The van der Waals surface area contributed by atoms with Gasteiger partial charge in [0.05, 0.1) is 29.6 Å². The lowest BCUT2D eigenvalue weighted by molar-refractivity contribution is 0.200. The fourth-order valence-electron chi connectivity index (χ4n) is 3.44. The summed E-state index contributed by atoms with van der Waals surface area (Å²) in [6.07, 6.45) is 4.83. The van der Waals surface area contributed by atoms with Crippen molar-refractivity contribution in [3.63, 3.8) is 0 Å². The molecule has 1 saturated heterocycles. The number of aryl methyl sites for hydroxylation is 1. The van der Waals surface area contributed by atoms with Crippen LogP contribution in [0.25, 0.3) is 17.1 Å². The molecule has 28 heavy (non-hydrogen) atoms. The van der Waals surface area contributed by atoms with Crippen LogP contribution in [0.2, 0.25) is 0 Å². The maximum absolute atomic E-state index is 13.3. The lowest BCUT2D eigenvalue weighted by atomic mass is 10.1. The molecule has 3 heterocycles. The molecular formula is C20H24FN5OS. The summed E-state index contributed by atoms with van der Waals surface area (Å²) in [5.41, 5.74) is 2.65. The first-order valence-corrected chi connectivity index (χ1v) is 10.7. The average molecular weight is 402 g/mol. The summed E-state index contributed by atoms with van der Waals surface area (Å²) in [6, 6.07) is 6.68. The molecule has 0 radical (unpaired) electrons. The molecule has 3 aromatic rings. The number of benzene rings is 1. The van der Waals surface area contributed by atoms with Gasteiger partial charge in [0.15, 0.2) is 11.6 Å². The van der Waals surface area contributed by atoms with Crippen LogP contribution in [0.1, 0.15) is 30.4 Å². The van der Waals surface area contributed by atoms with Gasteiger partial charge >= 0.3 is 0 Å². The van der Waals surface area contributed by atoms with Crippen molar-refractivity contribution in [1.29, 1.82) is 0 Å². The molecule has 0 N–H and O–H groups in total. The van der Waals surface area contributed by atoms with E-state index in [1.807, 2.05) is 24.9 Å². The standard InChI is InChI=1S/C20H24FN5OS/c1-14-18(13-25(23-14)16-5-3-15(21)4-6-16)20-22-19(7-10-27-2)24-26(20)17-8-11-28-12-9-17/h3-6,13,17H,7-12H2,1-2H3. The normalized spacial score (nSPS) is 15.2. The minimum Gasteiger partial charge on any atom is -0.384 e. The first-order chi connectivity index (χ1) is 13.7. The Morgan fingerprint density at radius 1 is 1.18 bits per heavy atom. The van der Waals surface area contributed by atoms with E-state index in [0.29, 0.717) is 19.1 Å². The molecular weight excluding hydrogens is 377 g/mol. The largest absolute Gasteiger partial charge is 0.384 e. The zero-order valence-electron chi connectivity index (χ0n) is 16.1. The molecule has 2 aromatic heterocycles. The number of nitrogens with zero attached hydrogens (tertiary/aromatic N) is 5. The molecule has 148 valence electrons. The van der Waals surface area contributed by atoms with Gasteiger partial charge in [-0.1, -0.05) is 0 Å². The molecule has 8 heteroatoms. The number of thioether (sulfide) groups is 1. The summed E-state index contributed by atoms with van der Waals surface area (Å²) in [6.45, 7) is 2.57. The Bertz CT molecular complexity index is 931. The van der Waals surface area contributed by atoms with Gasteiger partial charge in [0.2, 0.25) is 0 Å². The molecule has 0 spiro atoms. The summed E-state index contributed by atoms with van der Waals surface area (Å²) in [7, 11) is 1.69. The van der Waals surface area contributed by atoms with E-state index in [0.717, 1.165) is 52.9 Å². The number of rotatable bonds is 6. The summed E-state index contributed by atoms with van der Waals surface area (Å²) < 4.78 is 22.3. The predicted molar refractivity (Wildman–Crippen MR) is 108 cm³/mol. The van der Waals surface area contributed by atoms with Gasteiger partial charge in [-0.05, 0) is 55.5 Å². The van der Waals surface area contributed by atoms with Crippen molar-refractivity contribution in [1.82, 2.24) is 24.5 Å². The summed E-state index contributed by atoms with van der Waals surface area (Å²) in [4.78, 5) is 4.83. The van der Waals surface area contributed by atoms with Gasteiger partial charge < -0.3 is 4.74 Å². The van der Waals surface area contributed by atoms with Crippen molar-refractivity contribution in [2.75, 3.05) is 25.2 Å². The van der Waals surface area contributed by atoms with E-state index in [9.17, 15) is 4.39 Å². The number of hydrogen-bond donors (Lipinski definition) is 0. The molecule has 1 aliphatic heterocycles. The van der Waals surface area contributed by atoms with Gasteiger partial charge in [-0.3, -0.25) is 0 Å². The quantitative estimate of drug-likeness (QED) is 0.628. The zero-order valence-corrected chi connectivity index (χ0v) is 17.0. The summed E-state index contributed by atoms with van der Waals surface area (Å²) in [5.74, 6) is 3.68. The Morgan fingerprint density at radius 3 is 2.64 bits per heavy atom. The molecule has 0 amide bonds. The summed E-state index contributed by atoms with van der Waals surface area (Å²) >= 11 is 1.99. The molecule has 0 aliphatic carbocycles. The van der Waals surface area contributed by atoms with Crippen LogP contribution >= 0.6 is 11.8 Å². The third-order valence-corrected chi connectivity index (χ3v) is 6.02. The van der Waals surface area contributed by atoms with E-state index >= 15 is 0 Å². The molecule has 1 fully saturated rings. The van der Waals surface area contributed by atoms with Gasteiger partial charge in [-0.2, -0.15) is 22.0 Å². The maximum atomic E-state index is 13.3. The second-order valence-electron chi connectivity index (χ2n) is 6.93. The van der Waals surface area contributed by atoms with Crippen molar-refractivity contribution in [3.8, 4) is 17.1 Å². The van der Waals surface area contributed by atoms with Crippen molar-refractivity contribution in [3.05, 3.63) is 47.8 Å². The summed E-state index contributed by atoms with van der Waals surface area (Å²) in [5, 5.41) is 9.44. The van der Waals surface area contributed by atoms with Crippen molar-refractivity contribution in [2.24, 2.45) is 0 Å². The van der Waals surface area contributed by atoms with Crippen LogP contribution in [0.15, 0.2) is 30.5 Å². The third-order valence-electron chi connectivity index (χ3n) is 4.97. The average Bonchev–Trinajstić information content (AvgIpc) is 3.31. The van der Waals surface area contributed by atoms with Crippen LogP contribution in [0.5, 0.6) is 0 Å². The van der Waals surface area contributed by atoms with Crippen LogP contribution in [-0.4, -0.2) is 49.8 Å². The Morgan fingerprint density at radius 2 is 1.93 bits per heavy atom. The second-order valence-corrected chi connectivity index (χ2v) is 8.16. The van der Waals surface area contributed by atoms with Crippen LogP contribution in [0.4, 0.5) is 4.39 Å². The monoisotopic (exact) mass is 401 g/mol. The lowest BCUT2D eigenvalue weighted by Crippen LogP contribution is -2.17. The zero-order chi connectivity index (χ0) is 19.5. The SMILES string of the molecule is COCCc1nc(-c2cn(-c3ccc(F)cc3)nc2C)n(C2CCSCC2)n1. The lowest BCUT2D eigenvalue weighted by Gasteiger charge is -2.22. The smallest absolute Gasteiger partial charge is 0.162 e. The molecule has 6 nitrogen and oxygen atoms in total. The fourth-order valence-corrected chi connectivity index (χ4v) is 4.52. The first-order valence-electron chi connectivity index (χ1n) is 9.50. The molecule has 0 atom stereocenters. The van der Waals surface area contributed by atoms with Crippen molar-refractivity contribution < 1.29 is 9.13 Å². The van der Waals surface area contributed by atoms with Crippen LogP contribution < -0.4 is 0 Å². The van der Waals surface area contributed by atoms with E-state index in [1.54, 1.807) is 23.9 Å². The van der Waals surface area contributed by atoms with Gasteiger partial charge in [-0.25, -0.2) is 18.7 Å². The van der Waals surface area contributed by atoms with E-state index in [-0.39, 0.29) is 5.82 Å². The Kier molecular flexibility index (Phi) is 5.77. The highest BCUT2D eigenvalue weighted by Crippen LogP contribution is 2.32. The van der Waals surface area contributed by atoms with Gasteiger partial charge in [0, 0.05) is 19.7 Å². The molecule has 0 bridgehead atoms. The van der Waals surface area contributed by atoms with Crippen molar-refractivity contribution in [2.45, 2.75) is 32.2 Å². The second kappa shape index (κ2) is 8.45. The third kappa shape index (κ3) is 3.98. The first kappa shape index (κ1) is 19.1. The Hall–Kier alpha value is -2.19. The maximum Gasteiger partial charge on any atom is 0.162 e. The highest BCUT2D eigenvalue weighted by molar-refractivity contribution is 7.99. The fraction of sp³-hybridized carbons (Fsp3) is 0.450. The number of methoxy groups -OCH3 is 1. The topological polar surface area (TPSA) is 57.8 Å². The highest BCUT2D eigenvalue weighted by atomic mass is 32.2. The molecule has 4 rings (SSSR count). The van der Waals surface area contributed by atoms with E-state index in [4.69, 9.17) is 14.8 Å². The minimum atomic E-state index is -0.259. The number of aromatic nitrogens is 5. The van der Waals surface area contributed by atoms with Crippen LogP contribution in [0.3, 0.4) is 0 Å². The molecule has 1 aliphatic rings. The van der Waals surface area contributed by atoms with E-state index < -0.39 is 0 Å². The van der Waals surface area contributed by atoms with Crippen LogP contribution in [-0.2, 0) is 11.2 Å². The molecule has 0 unspecified atom stereocenters. The van der Waals surface area contributed by atoms with Crippen molar-refractivity contribution >= 4 is 11.8 Å². The molecule has 0 saturated carbocycles. The number of hydrogen-bond acceptors (Lipinski definition) is 5. The highest BCUT2D eigenvalue weighted by Gasteiger charge is 2.24. The van der Waals surface area contributed by atoms with E-state index in [2.05, 4.69) is 9.78 Å². The predicted octanol–water partition coefficient (Wildman–Crippen LogP) is 3.84. The number of halogens is 1. The number of ether oxygens (including phenoxy) is 1. The Balaban J connectivity index is 1.72. The van der Waals surface area contributed by atoms with Gasteiger partial charge in [0.1, 0.15) is 5.82 Å². The molecule has 1 aromatic carbocycles. The van der Waals surface area contributed by atoms with Gasteiger partial charge in [0.25, 0.3) is 0 Å².